The Morgan fingerprint density at radius 1 is 0.882 bits per heavy atom. The monoisotopic (exact) mass is 472 g/mol. The summed E-state index contributed by atoms with van der Waals surface area (Å²) in [5.41, 5.74) is 3.20. The number of para-hydroxylation sites is 1. The summed E-state index contributed by atoms with van der Waals surface area (Å²) < 4.78 is 2.01. The lowest BCUT2D eigenvalue weighted by molar-refractivity contribution is 0.0598. The van der Waals surface area contributed by atoms with E-state index in [0.29, 0.717) is 0 Å². The fraction of sp³-hybridized carbons (Fsp3) is 0.357. The van der Waals surface area contributed by atoms with Gasteiger partial charge in [-0.1, -0.05) is 42.5 Å². The highest BCUT2D eigenvalue weighted by Crippen LogP contribution is 2.41. The molecule has 34 heavy (non-hydrogen) atoms. The number of hydrogen-bond donors (Lipinski definition) is 1. The van der Waals surface area contributed by atoms with Gasteiger partial charge in [-0.3, -0.25) is 4.79 Å². The number of likely N-dealkylation sites (tertiary alicyclic amines) is 2. The normalized spacial score (nSPS) is 18.1. The molecule has 1 spiro atoms. The molecule has 176 valence electrons. The number of nitrogens with zero attached hydrogens (tertiary/aromatic N) is 3. The lowest BCUT2D eigenvalue weighted by Crippen LogP contribution is -2.46. The third kappa shape index (κ3) is 4.60. The van der Waals surface area contributed by atoms with Crippen molar-refractivity contribution in [2.45, 2.75) is 32.2 Å². The molecule has 3 heterocycles. The summed E-state index contributed by atoms with van der Waals surface area (Å²) in [6.07, 6.45) is 7.16. The molecule has 1 amide bonds. The van der Waals surface area contributed by atoms with Crippen LogP contribution in [0, 0.1) is 5.41 Å². The van der Waals surface area contributed by atoms with Gasteiger partial charge in [0.1, 0.15) is 0 Å². The van der Waals surface area contributed by atoms with Crippen molar-refractivity contribution in [1.29, 1.82) is 0 Å². The van der Waals surface area contributed by atoms with E-state index in [9.17, 15) is 4.79 Å². The molecule has 1 aromatic heterocycles. The molecule has 0 bridgehead atoms. The van der Waals surface area contributed by atoms with Crippen molar-refractivity contribution in [3.63, 3.8) is 0 Å². The number of amides is 1. The minimum Gasteiger partial charge on any atom is -0.356 e. The smallest absolute Gasteiger partial charge is 0.255 e. The lowest BCUT2D eigenvalue weighted by atomic mass is 9.77. The van der Waals surface area contributed by atoms with E-state index in [1.807, 2.05) is 64.3 Å². The molecular formula is C28H32N4OS. The molecule has 0 aliphatic carbocycles. The molecule has 5 rings (SSSR count). The van der Waals surface area contributed by atoms with Crippen LogP contribution >= 0.6 is 12.2 Å². The van der Waals surface area contributed by atoms with Crippen LogP contribution in [0.1, 0.15) is 48.1 Å². The van der Waals surface area contributed by atoms with Gasteiger partial charge in [-0.2, -0.15) is 0 Å². The third-order valence-electron chi connectivity index (χ3n) is 7.49. The number of carbonyl (C=O) groups is 1. The molecule has 1 atom stereocenters. The van der Waals surface area contributed by atoms with E-state index >= 15 is 0 Å². The third-order valence-corrected chi connectivity index (χ3v) is 7.87. The highest BCUT2D eigenvalue weighted by Gasteiger charge is 2.42. The molecule has 1 N–H and O–H groups in total. The van der Waals surface area contributed by atoms with Crippen LogP contribution in [-0.4, -0.2) is 51.6 Å². The lowest BCUT2D eigenvalue weighted by Gasteiger charge is -2.39. The minimum atomic E-state index is 0.128. The summed E-state index contributed by atoms with van der Waals surface area (Å²) in [7, 11) is 0. The zero-order chi connectivity index (χ0) is 23.5. The van der Waals surface area contributed by atoms with Crippen LogP contribution in [0.15, 0.2) is 79.1 Å². The number of carbonyl (C=O) groups excluding carboxylic acids is 1. The number of nitrogens with one attached hydrogen (secondary N) is 1. The average molecular weight is 473 g/mol. The van der Waals surface area contributed by atoms with Gasteiger partial charge in [0.15, 0.2) is 5.11 Å². The van der Waals surface area contributed by atoms with Crippen molar-refractivity contribution < 1.29 is 4.79 Å². The van der Waals surface area contributed by atoms with Gasteiger partial charge in [0.05, 0.1) is 17.3 Å². The standard InChI is InChI=1S/C28H32N4OS/c1-22(23-9-3-2-4-10-23)29-27(34)32-20-15-28(21-32)13-18-31(19-14-28)26(33)24-11-5-6-12-25(24)30-16-7-8-17-30/h2-12,16-17,22H,13-15,18-21H2,1H3,(H,29,34). The number of rotatable bonds is 4. The van der Waals surface area contributed by atoms with Crippen LogP contribution in [0.5, 0.6) is 0 Å². The maximum absolute atomic E-state index is 13.4. The predicted octanol–water partition coefficient (Wildman–Crippen LogP) is 5.04. The second-order valence-electron chi connectivity index (χ2n) is 9.65. The van der Waals surface area contributed by atoms with E-state index in [1.54, 1.807) is 0 Å². The number of benzene rings is 2. The Morgan fingerprint density at radius 2 is 1.50 bits per heavy atom. The zero-order valence-electron chi connectivity index (χ0n) is 19.7. The Labute approximate surface area is 207 Å². The quantitative estimate of drug-likeness (QED) is 0.540. The number of piperidine rings is 1. The van der Waals surface area contributed by atoms with Gasteiger partial charge < -0.3 is 19.7 Å². The van der Waals surface area contributed by atoms with E-state index in [0.717, 1.165) is 61.8 Å². The Balaban J connectivity index is 1.19. The molecule has 5 nitrogen and oxygen atoms in total. The van der Waals surface area contributed by atoms with Gasteiger partial charge in [-0.15, -0.1) is 0 Å². The molecule has 2 aliphatic rings. The molecule has 1 unspecified atom stereocenters. The van der Waals surface area contributed by atoms with Crippen molar-refractivity contribution in [1.82, 2.24) is 19.7 Å². The Morgan fingerprint density at radius 3 is 2.21 bits per heavy atom. The van der Waals surface area contributed by atoms with Crippen molar-refractivity contribution in [2.24, 2.45) is 5.41 Å². The van der Waals surface area contributed by atoms with E-state index in [2.05, 4.69) is 41.4 Å². The fourth-order valence-corrected chi connectivity index (χ4v) is 5.68. The van der Waals surface area contributed by atoms with Gasteiger partial charge in [0.25, 0.3) is 5.91 Å². The van der Waals surface area contributed by atoms with Crippen molar-refractivity contribution in [3.8, 4) is 5.69 Å². The summed E-state index contributed by atoms with van der Waals surface area (Å²) in [5, 5.41) is 4.36. The second-order valence-corrected chi connectivity index (χ2v) is 10.0. The van der Waals surface area contributed by atoms with E-state index in [1.165, 1.54) is 5.56 Å². The molecule has 2 aromatic carbocycles. The topological polar surface area (TPSA) is 40.5 Å². The number of thiocarbonyl (C=S) groups is 1. The zero-order valence-corrected chi connectivity index (χ0v) is 20.5. The molecule has 0 saturated carbocycles. The first-order valence-corrected chi connectivity index (χ1v) is 12.6. The van der Waals surface area contributed by atoms with Gasteiger partial charge >= 0.3 is 0 Å². The summed E-state index contributed by atoms with van der Waals surface area (Å²) >= 11 is 5.77. The molecule has 6 heteroatoms. The highest BCUT2D eigenvalue weighted by atomic mass is 32.1. The largest absolute Gasteiger partial charge is 0.356 e. The summed E-state index contributed by atoms with van der Waals surface area (Å²) in [6, 6.07) is 22.5. The SMILES string of the molecule is CC(NC(=S)N1CCC2(CCN(C(=O)c3ccccc3-n3cccc3)CC2)C1)c1ccccc1. The number of aromatic nitrogens is 1. The van der Waals surface area contributed by atoms with E-state index < -0.39 is 0 Å². The van der Waals surface area contributed by atoms with Crippen LogP contribution in [0.4, 0.5) is 0 Å². The van der Waals surface area contributed by atoms with E-state index in [-0.39, 0.29) is 17.4 Å². The van der Waals surface area contributed by atoms with Gasteiger partial charge in [-0.05, 0) is 73.6 Å². The van der Waals surface area contributed by atoms with E-state index in [4.69, 9.17) is 12.2 Å². The van der Waals surface area contributed by atoms with Crippen molar-refractivity contribution in [3.05, 3.63) is 90.3 Å². The summed E-state index contributed by atoms with van der Waals surface area (Å²) in [4.78, 5) is 17.8. The van der Waals surface area contributed by atoms with Crippen LogP contribution < -0.4 is 5.32 Å². The van der Waals surface area contributed by atoms with Crippen LogP contribution in [0.2, 0.25) is 0 Å². The first kappa shape index (κ1) is 22.7. The number of hydrogen-bond acceptors (Lipinski definition) is 2. The van der Waals surface area contributed by atoms with Crippen LogP contribution in [-0.2, 0) is 0 Å². The minimum absolute atomic E-state index is 0.128. The molecule has 2 aliphatic heterocycles. The van der Waals surface area contributed by atoms with Gasteiger partial charge in [-0.25, -0.2) is 0 Å². The first-order chi connectivity index (χ1) is 16.5. The highest BCUT2D eigenvalue weighted by molar-refractivity contribution is 7.80. The molecular weight excluding hydrogens is 440 g/mol. The maximum Gasteiger partial charge on any atom is 0.255 e. The van der Waals surface area contributed by atoms with Crippen molar-refractivity contribution in [2.75, 3.05) is 26.2 Å². The van der Waals surface area contributed by atoms with Gasteiger partial charge in [0.2, 0.25) is 0 Å². The first-order valence-electron chi connectivity index (χ1n) is 12.2. The molecule has 0 radical (unpaired) electrons. The molecule has 2 saturated heterocycles. The Kier molecular flexibility index (Phi) is 6.42. The maximum atomic E-state index is 13.4. The van der Waals surface area contributed by atoms with Crippen molar-refractivity contribution >= 4 is 23.2 Å². The van der Waals surface area contributed by atoms with Gasteiger partial charge in [0, 0.05) is 38.6 Å². The van der Waals surface area contributed by atoms with Crippen LogP contribution in [0.25, 0.3) is 5.69 Å². The predicted molar refractivity (Wildman–Crippen MR) is 140 cm³/mol. The molecule has 2 fully saturated rings. The molecule has 3 aromatic rings. The van der Waals surface area contributed by atoms with Crippen LogP contribution in [0.3, 0.4) is 0 Å². The Bertz CT molecular complexity index is 1140. The fourth-order valence-electron chi connectivity index (χ4n) is 5.35. The average Bonchev–Trinajstić information content (AvgIpc) is 3.56. The summed E-state index contributed by atoms with van der Waals surface area (Å²) in [6.45, 7) is 5.71. The Hall–Kier alpha value is -3.12. The second kappa shape index (κ2) is 9.63. The summed E-state index contributed by atoms with van der Waals surface area (Å²) in [5.74, 6) is 0.128.